The van der Waals surface area contributed by atoms with Gasteiger partial charge in [-0.1, -0.05) is 6.07 Å². The van der Waals surface area contributed by atoms with Gasteiger partial charge in [0, 0.05) is 24.4 Å². The topological polar surface area (TPSA) is 37.0 Å². The summed E-state index contributed by atoms with van der Waals surface area (Å²) in [6, 6.07) is 4.95. The summed E-state index contributed by atoms with van der Waals surface area (Å²) in [6.07, 6.45) is 9.22. The van der Waals surface area contributed by atoms with Crippen LogP contribution in [-0.4, -0.2) is 30.7 Å². The van der Waals surface area contributed by atoms with E-state index in [-0.39, 0.29) is 0 Å². The molecule has 0 aromatic carbocycles. The minimum absolute atomic E-state index is 0.705. The number of hydrogen-bond donors (Lipinski definition) is 2. The van der Waals surface area contributed by atoms with Crippen LogP contribution in [0.1, 0.15) is 37.2 Å². The molecule has 2 aliphatic rings. The summed E-state index contributed by atoms with van der Waals surface area (Å²) in [5.74, 6) is 1.65. The van der Waals surface area contributed by atoms with Crippen molar-refractivity contribution in [2.24, 2.45) is 5.92 Å². The Kier molecular flexibility index (Phi) is 3.91. The van der Waals surface area contributed by atoms with Gasteiger partial charge in [0.15, 0.2) is 0 Å². The fourth-order valence-electron chi connectivity index (χ4n) is 3.03. The number of piperidine rings is 1. The maximum absolute atomic E-state index is 4.20. The van der Waals surface area contributed by atoms with Crippen molar-refractivity contribution in [1.29, 1.82) is 0 Å². The molecular formula is C15H23N3. The van der Waals surface area contributed by atoms with E-state index >= 15 is 0 Å². The Morgan fingerprint density at radius 1 is 1.33 bits per heavy atom. The van der Waals surface area contributed by atoms with Crippen molar-refractivity contribution in [1.82, 2.24) is 15.6 Å². The van der Waals surface area contributed by atoms with Crippen LogP contribution in [0.5, 0.6) is 0 Å². The number of hydrogen-bond acceptors (Lipinski definition) is 3. The molecule has 0 amide bonds. The summed E-state index contributed by atoms with van der Waals surface area (Å²) in [4.78, 5) is 4.20. The number of pyridine rings is 1. The van der Waals surface area contributed by atoms with Crippen molar-refractivity contribution in [3.8, 4) is 0 Å². The lowest BCUT2D eigenvalue weighted by molar-refractivity contribution is 0.347. The molecule has 2 atom stereocenters. The van der Waals surface area contributed by atoms with E-state index in [9.17, 15) is 0 Å². The van der Waals surface area contributed by atoms with Gasteiger partial charge in [-0.25, -0.2) is 0 Å². The first kappa shape index (κ1) is 12.1. The predicted octanol–water partition coefficient (Wildman–Crippen LogP) is 1.92. The maximum atomic E-state index is 4.20. The Morgan fingerprint density at radius 2 is 2.22 bits per heavy atom. The Bertz CT molecular complexity index is 359. The first-order chi connectivity index (χ1) is 8.93. The van der Waals surface area contributed by atoms with Crippen LogP contribution in [0, 0.1) is 5.92 Å². The summed E-state index contributed by atoms with van der Waals surface area (Å²) in [5, 5.41) is 7.13. The van der Waals surface area contributed by atoms with Gasteiger partial charge in [0.05, 0.1) is 0 Å². The molecule has 98 valence electrons. The number of nitrogens with zero attached hydrogens (tertiary/aromatic N) is 1. The van der Waals surface area contributed by atoms with Crippen LogP contribution in [0.4, 0.5) is 0 Å². The molecule has 3 nitrogen and oxygen atoms in total. The van der Waals surface area contributed by atoms with Gasteiger partial charge >= 0.3 is 0 Å². The average molecular weight is 245 g/mol. The lowest BCUT2D eigenvalue weighted by atomic mass is 9.95. The zero-order chi connectivity index (χ0) is 12.2. The third-order valence-corrected chi connectivity index (χ3v) is 4.32. The van der Waals surface area contributed by atoms with Crippen molar-refractivity contribution >= 4 is 0 Å². The van der Waals surface area contributed by atoms with Crippen LogP contribution >= 0.6 is 0 Å². The van der Waals surface area contributed by atoms with Crippen molar-refractivity contribution < 1.29 is 0 Å². The SMILES string of the molecule is c1cncc([C@H]2C[C@@H]2NCCC2CCNCC2)c1. The van der Waals surface area contributed by atoms with Crippen LogP contribution in [0.25, 0.3) is 0 Å². The highest BCUT2D eigenvalue weighted by atomic mass is 15.0. The maximum Gasteiger partial charge on any atom is 0.0303 e. The Hall–Kier alpha value is -0.930. The first-order valence-corrected chi connectivity index (χ1v) is 7.27. The van der Waals surface area contributed by atoms with Crippen LogP contribution in [0.2, 0.25) is 0 Å². The van der Waals surface area contributed by atoms with E-state index < -0.39 is 0 Å². The quantitative estimate of drug-likeness (QED) is 0.832. The molecule has 1 aromatic rings. The fraction of sp³-hybridized carbons (Fsp3) is 0.667. The Balaban J connectivity index is 1.36. The Labute approximate surface area is 109 Å². The van der Waals surface area contributed by atoms with E-state index in [0.717, 1.165) is 5.92 Å². The minimum atomic E-state index is 0.705. The normalized spacial score (nSPS) is 28.2. The third-order valence-electron chi connectivity index (χ3n) is 4.32. The molecule has 1 aromatic heterocycles. The molecule has 2 fully saturated rings. The summed E-state index contributed by atoms with van der Waals surface area (Å²) in [5.41, 5.74) is 1.40. The van der Waals surface area contributed by atoms with E-state index in [1.807, 2.05) is 18.5 Å². The summed E-state index contributed by atoms with van der Waals surface area (Å²) in [7, 11) is 0. The highest BCUT2D eigenvalue weighted by Crippen LogP contribution is 2.40. The van der Waals surface area contributed by atoms with Gasteiger partial charge in [0.1, 0.15) is 0 Å². The van der Waals surface area contributed by atoms with E-state index in [0.29, 0.717) is 12.0 Å². The van der Waals surface area contributed by atoms with Crippen molar-refractivity contribution in [3.05, 3.63) is 30.1 Å². The molecular weight excluding hydrogens is 222 g/mol. The van der Waals surface area contributed by atoms with E-state index in [4.69, 9.17) is 0 Å². The molecule has 2 heterocycles. The van der Waals surface area contributed by atoms with Crippen molar-refractivity contribution in [2.75, 3.05) is 19.6 Å². The van der Waals surface area contributed by atoms with Crippen LogP contribution in [-0.2, 0) is 0 Å². The highest BCUT2D eigenvalue weighted by Gasteiger charge is 2.37. The fourth-order valence-corrected chi connectivity index (χ4v) is 3.03. The van der Waals surface area contributed by atoms with E-state index in [1.54, 1.807) is 0 Å². The van der Waals surface area contributed by atoms with Crippen molar-refractivity contribution in [3.63, 3.8) is 0 Å². The van der Waals surface area contributed by atoms with Gasteiger partial charge in [0.2, 0.25) is 0 Å². The van der Waals surface area contributed by atoms with Gasteiger partial charge in [0.25, 0.3) is 0 Å². The molecule has 1 aliphatic heterocycles. The second kappa shape index (κ2) is 5.81. The summed E-state index contributed by atoms with van der Waals surface area (Å²) in [6.45, 7) is 3.62. The van der Waals surface area contributed by atoms with Gasteiger partial charge in [-0.3, -0.25) is 4.98 Å². The van der Waals surface area contributed by atoms with Gasteiger partial charge < -0.3 is 10.6 Å². The molecule has 1 saturated heterocycles. The molecule has 1 aliphatic carbocycles. The van der Waals surface area contributed by atoms with Gasteiger partial charge in [-0.2, -0.15) is 0 Å². The molecule has 0 radical (unpaired) electrons. The summed E-state index contributed by atoms with van der Waals surface area (Å²) < 4.78 is 0. The lowest BCUT2D eigenvalue weighted by Crippen LogP contribution is -2.30. The molecule has 0 unspecified atom stereocenters. The minimum Gasteiger partial charge on any atom is -0.317 e. The molecule has 0 spiro atoms. The largest absolute Gasteiger partial charge is 0.317 e. The van der Waals surface area contributed by atoms with Gasteiger partial charge in [-0.05, 0) is 62.9 Å². The number of aromatic nitrogens is 1. The van der Waals surface area contributed by atoms with Gasteiger partial charge in [-0.15, -0.1) is 0 Å². The first-order valence-electron chi connectivity index (χ1n) is 7.27. The van der Waals surface area contributed by atoms with Crippen LogP contribution in [0.15, 0.2) is 24.5 Å². The molecule has 0 bridgehead atoms. The number of nitrogens with one attached hydrogen (secondary N) is 2. The predicted molar refractivity (Wildman–Crippen MR) is 73.6 cm³/mol. The second-order valence-corrected chi connectivity index (χ2v) is 5.67. The molecule has 18 heavy (non-hydrogen) atoms. The zero-order valence-corrected chi connectivity index (χ0v) is 10.9. The molecule has 3 heteroatoms. The highest BCUT2D eigenvalue weighted by molar-refractivity contribution is 5.24. The standard InChI is InChI=1S/C15H23N3/c1-2-13(11-17-6-1)14-10-15(14)18-9-5-12-3-7-16-8-4-12/h1-2,6,11-12,14-16,18H,3-5,7-10H2/t14-,15+/m1/s1. The van der Waals surface area contributed by atoms with Crippen LogP contribution in [0.3, 0.4) is 0 Å². The third kappa shape index (κ3) is 3.09. The van der Waals surface area contributed by atoms with E-state index in [1.165, 1.54) is 50.9 Å². The molecule has 2 N–H and O–H groups in total. The average Bonchev–Trinajstić information content (AvgIpc) is 3.21. The molecule has 3 rings (SSSR count). The summed E-state index contributed by atoms with van der Waals surface area (Å²) >= 11 is 0. The monoisotopic (exact) mass is 245 g/mol. The smallest absolute Gasteiger partial charge is 0.0303 e. The number of rotatable bonds is 5. The lowest BCUT2D eigenvalue weighted by Gasteiger charge is -2.22. The van der Waals surface area contributed by atoms with E-state index in [2.05, 4.69) is 21.7 Å². The zero-order valence-electron chi connectivity index (χ0n) is 10.9. The van der Waals surface area contributed by atoms with Crippen LogP contribution < -0.4 is 10.6 Å². The molecule has 1 saturated carbocycles. The van der Waals surface area contributed by atoms with Crippen molar-refractivity contribution in [2.45, 2.75) is 37.6 Å². The second-order valence-electron chi connectivity index (χ2n) is 5.67. The Morgan fingerprint density at radius 3 is 3.00 bits per heavy atom.